The van der Waals surface area contributed by atoms with E-state index in [-0.39, 0.29) is 12.1 Å². The molecule has 0 spiro atoms. The molecule has 0 aliphatic heterocycles. The van der Waals surface area contributed by atoms with Crippen molar-refractivity contribution >= 4 is 21.4 Å². The first-order valence-electron chi connectivity index (χ1n) is 9.30. The Hall–Kier alpha value is -2.90. The fraction of sp³-hybridized carbons (Fsp3) is 0.182. The van der Waals surface area contributed by atoms with E-state index in [2.05, 4.69) is 21.0 Å². The Labute approximate surface area is 176 Å². The average Bonchev–Trinajstić information content (AvgIpc) is 3.16. The van der Waals surface area contributed by atoms with Crippen LogP contribution in [0.15, 0.2) is 76.3 Å². The van der Waals surface area contributed by atoms with Crippen LogP contribution in [-0.4, -0.2) is 25.9 Å². The Morgan fingerprint density at radius 2 is 1.93 bits per heavy atom. The summed E-state index contributed by atoms with van der Waals surface area (Å²) in [5.74, 6) is 0.795. The molecule has 0 fully saturated rings. The van der Waals surface area contributed by atoms with Gasteiger partial charge in [-0.15, -0.1) is 0 Å². The fourth-order valence-electron chi connectivity index (χ4n) is 3.21. The number of halogens is 1. The average molecular weight is 454 g/mol. The van der Waals surface area contributed by atoms with Crippen LogP contribution in [0.1, 0.15) is 18.6 Å². The van der Waals surface area contributed by atoms with Gasteiger partial charge in [-0.1, -0.05) is 28.1 Å². The van der Waals surface area contributed by atoms with Crippen LogP contribution < -0.4 is 10.3 Å². The van der Waals surface area contributed by atoms with Crippen molar-refractivity contribution in [1.82, 2.24) is 14.2 Å². The number of aliphatic hydroxyl groups excluding tert-OH is 1. The minimum atomic E-state index is -0.791. The number of ether oxygens (including phenoxy) is 1. The molecule has 0 amide bonds. The first kappa shape index (κ1) is 19.4. The van der Waals surface area contributed by atoms with Gasteiger partial charge in [0.1, 0.15) is 11.3 Å². The van der Waals surface area contributed by atoms with Crippen molar-refractivity contribution in [3.63, 3.8) is 0 Å². The fourth-order valence-corrected chi connectivity index (χ4v) is 3.62. The number of hydrogen-bond acceptors (Lipinski definition) is 4. The second-order valence-corrected chi connectivity index (χ2v) is 7.56. The highest BCUT2D eigenvalue weighted by Gasteiger charge is 2.13. The largest absolute Gasteiger partial charge is 0.494 e. The van der Waals surface area contributed by atoms with Crippen molar-refractivity contribution in [3.8, 4) is 17.0 Å². The molecule has 6 nitrogen and oxygen atoms in total. The predicted octanol–water partition coefficient (Wildman–Crippen LogP) is 4.06. The summed E-state index contributed by atoms with van der Waals surface area (Å²) >= 11 is 3.40. The maximum atomic E-state index is 12.9. The molecule has 0 bridgehead atoms. The summed E-state index contributed by atoms with van der Waals surface area (Å²) in [7, 11) is 0. The van der Waals surface area contributed by atoms with E-state index in [1.807, 2.05) is 55.5 Å². The number of fused-ring (bicyclic) bond motifs is 1. The molecule has 148 valence electrons. The maximum Gasteiger partial charge on any atom is 0.276 e. The van der Waals surface area contributed by atoms with Crippen LogP contribution in [0.3, 0.4) is 0 Å². The van der Waals surface area contributed by atoms with Crippen molar-refractivity contribution in [2.24, 2.45) is 0 Å². The molecule has 1 atom stereocenters. The lowest BCUT2D eigenvalue weighted by molar-refractivity contribution is 0.155. The lowest BCUT2D eigenvalue weighted by Crippen LogP contribution is -2.24. The van der Waals surface area contributed by atoms with Crippen LogP contribution in [0.25, 0.3) is 16.8 Å². The van der Waals surface area contributed by atoms with Gasteiger partial charge in [-0.2, -0.15) is 5.10 Å². The highest BCUT2D eigenvalue weighted by Crippen LogP contribution is 2.22. The first-order valence-corrected chi connectivity index (χ1v) is 10.1. The molecule has 0 saturated carbocycles. The van der Waals surface area contributed by atoms with Gasteiger partial charge in [-0.3, -0.25) is 4.79 Å². The van der Waals surface area contributed by atoms with Gasteiger partial charge in [0.2, 0.25) is 0 Å². The van der Waals surface area contributed by atoms with Gasteiger partial charge in [-0.05, 0) is 55.0 Å². The number of benzene rings is 2. The number of aliphatic hydroxyl groups is 1. The minimum absolute atomic E-state index is 0.162. The van der Waals surface area contributed by atoms with Crippen LogP contribution in [0, 0.1) is 0 Å². The van der Waals surface area contributed by atoms with E-state index in [9.17, 15) is 9.90 Å². The summed E-state index contributed by atoms with van der Waals surface area (Å²) in [6.45, 7) is 2.71. The zero-order valence-electron chi connectivity index (χ0n) is 15.8. The molecule has 2 heterocycles. The summed E-state index contributed by atoms with van der Waals surface area (Å²) in [5.41, 5.74) is 2.60. The summed E-state index contributed by atoms with van der Waals surface area (Å²) in [6, 6.07) is 16.8. The Morgan fingerprint density at radius 1 is 1.14 bits per heavy atom. The molecule has 4 aromatic rings. The van der Waals surface area contributed by atoms with Gasteiger partial charge >= 0.3 is 0 Å². The molecule has 2 aromatic heterocycles. The number of rotatable bonds is 6. The van der Waals surface area contributed by atoms with E-state index in [1.54, 1.807) is 23.0 Å². The second kappa shape index (κ2) is 8.23. The van der Waals surface area contributed by atoms with Gasteiger partial charge < -0.3 is 14.4 Å². The minimum Gasteiger partial charge on any atom is -0.494 e. The molecular formula is C22H20BrN3O3. The molecule has 1 unspecified atom stereocenters. The third-order valence-electron chi connectivity index (χ3n) is 4.67. The molecule has 0 radical (unpaired) electrons. The lowest BCUT2D eigenvalue weighted by Gasteiger charge is -2.13. The van der Waals surface area contributed by atoms with Crippen molar-refractivity contribution < 1.29 is 9.84 Å². The SMILES string of the molecule is CCOc1ccc(-c2cc3c(=O)n(CC(O)c4cccc(Br)c4)ccn3n2)cc1. The Kier molecular flexibility index (Phi) is 5.51. The quantitative estimate of drug-likeness (QED) is 0.477. The molecule has 0 aliphatic carbocycles. The van der Waals surface area contributed by atoms with Crippen LogP contribution in [-0.2, 0) is 6.54 Å². The first-order chi connectivity index (χ1) is 14.0. The van der Waals surface area contributed by atoms with Crippen LogP contribution in [0.5, 0.6) is 5.75 Å². The Morgan fingerprint density at radius 3 is 2.66 bits per heavy atom. The molecule has 2 aromatic carbocycles. The molecule has 7 heteroatoms. The zero-order chi connectivity index (χ0) is 20.4. The second-order valence-electron chi connectivity index (χ2n) is 6.64. The van der Waals surface area contributed by atoms with Gasteiger partial charge in [0.05, 0.1) is 24.9 Å². The normalized spacial score (nSPS) is 12.2. The summed E-state index contributed by atoms with van der Waals surface area (Å²) in [4.78, 5) is 12.9. The van der Waals surface area contributed by atoms with Crippen LogP contribution in [0.4, 0.5) is 0 Å². The highest BCUT2D eigenvalue weighted by atomic mass is 79.9. The van der Waals surface area contributed by atoms with Crippen LogP contribution in [0.2, 0.25) is 0 Å². The van der Waals surface area contributed by atoms with E-state index < -0.39 is 6.10 Å². The zero-order valence-corrected chi connectivity index (χ0v) is 17.4. The third-order valence-corrected chi connectivity index (χ3v) is 5.16. The van der Waals surface area contributed by atoms with E-state index >= 15 is 0 Å². The van der Waals surface area contributed by atoms with Gasteiger partial charge in [0.25, 0.3) is 5.56 Å². The summed E-state index contributed by atoms with van der Waals surface area (Å²) in [6.07, 6.45) is 2.58. The summed E-state index contributed by atoms with van der Waals surface area (Å²) < 4.78 is 9.42. The molecule has 4 rings (SSSR count). The predicted molar refractivity (Wildman–Crippen MR) is 115 cm³/mol. The molecular weight excluding hydrogens is 434 g/mol. The maximum absolute atomic E-state index is 12.9. The third kappa shape index (κ3) is 4.11. The van der Waals surface area contributed by atoms with Gasteiger partial charge in [-0.25, -0.2) is 4.52 Å². The van der Waals surface area contributed by atoms with Crippen molar-refractivity contribution in [3.05, 3.63) is 87.4 Å². The smallest absolute Gasteiger partial charge is 0.276 e. The Bertz CT molecular complexity index is 1200. The van der Waals surface area contributed by atoms with Crippen molar-refractivity contribution in [2.45, 2.75) is 19.6 Å². The molecule has 29 heavy (non-hydrogen) atoms. The number of aromatic nitrogens is 3. The monoisotopic (exact) mass is 453 g/mol. The molecule has 0 saturated heterocycles. The van der Waals surface area contributed by atoms with Gasteiger partial charge in [0.15, 0.2) is 0 Å². The topological polar surface area (TPSA) is 68.8 Å². The van der Waals surface area contributed by atoms with E-state index in [0.717, 1.165) is 21.3 Å². The molecule has 0 aliphatic rings. The standard InChI is InChI=1S/C22H20BrN3O3/c1-2-29-18-8-6-15(7-9-18)19-13-20-22(28)25(10-11-26(20)24-19)14-21(27)16-4-3-5-17(23)12-16/h3-13,21,27H,2,14H2,1H3. The van der Waals surface area contributed by atoms with E-state index in [1.165, 1.54) is 4.57 Å². The van der Waals surface area contributed by atoms with Crippen molar-refractivity contribution in [2.75, 3.05) is 6.61 Å². The number of nitrogens with zero attached hydrogens (tertiary/aromatic N) is 3. The number of hydrogen-bond donors (Lipinski definition) is 1. The lowest BCUT2D eigenvalue weighted by atomic mass is 10.1. The van der Waals surface area contributed by atoms with Crippen LogP contribution >= 0.6 is 15.9 Å². The van der Waals surface area contributed by atoms with E-state index in [0.29, 0.717) is 17.8 Å². The summed E-state index contributed by atoms with van der Waals surface area (Å²) in [5, 5.41) is 15.0. The molecule has 1 N–H and O–H groups in total. The highest BCUT2D eigenvalue weighted by molar-refractivity contribution is 9.10. The van der Waals surface area contributed by atoms with Gasteiger partial charge in [0, 0.05) is 22.4 Å². The van der Waals surface area contributed by atoms with Crippen molar-refractivity contribution in [1.29, 1.82) is 0 Å². The Balaban J connectivity index is 1.63. The van der Waals surface area contributed by atoms with E-state index in [4.69, 9.17) is 4.74 Å².